The average Bonchev–Trinajstić information content (AvgIpc) is 2.73. The zero-order valence-corrected chi connectivity index (χ0v) is 19.4. The SMILES string of the molecule is CC[C@@H](C)Oc1c(Cl)cc(/C=C2\C(=O)NC(=O)N(c3ccc(Br)cc3)C2=O)cc1OC. The lowest BCUT2D eigenvalue weighted by Crippen LogP contribution is -2.54. The zero-order valence-electron chi connectivity index (χ0n) is 17.1. The Morgan fingerprint density at radius 1 is 1.19 bits per heavy atom. The molecular weight excluding hydrogens is 488 g/mol. The van der Waals surface area contributed by atoms with Gasteiger partial charge in [0.15, 0.2) is 11.5 Å². The van der Waals surface area contributed by atoms with Gasteiger partial charge in [0.25, 0.3) is 11.8 Å². The predicted molar refractivity (Wildman–Crippen MR) is 122 cm³/mol. The van der Waals surface area contributed by atoms with Crippen LogP contribution in [0.25, 0.3) is 6.08 Å². The molecule has 1 atom stereocenters. The summed E-state index contributed by atoms with van der Waals surface area (Å²) in [7, 11) is 1.47. The molecular formula is C22H20BrClN2O5. The summed E-state index contributed by atoms with van der Waals surface area (Å²) in [4.78, 5) is 38.6. The second-order valence-electron chi connectivity index (χ2n) is 6.81. The molecule has 0 saturated carbocycles. The van der Waals surface area contributed by atoms with Crippen LogP contribution in [0.3, 0.4) is 0 Å². The van der Waals surface area contributed by atoms with Crippen molar-refractivity contribution in [2.75, 3.05) is 12.0 Å². The van der Waals surface area contributed by atoms with Crippen molar-refractivity contribution < 1.29 is 23.9 Å². The van der Waals surface area contributed by atoms with E-state index >= 15 is 0 Å². The van der Waals surface area contributed by atoms with Crippen LogP contribution < -0.4 is 19.7 Å². The van der Waals surface area contributed by atoms with Crippen molar-refractivity contribution in [3.8, 4) is 11.5 Å². The monoisotopic (exact) mass is 506 g/mol. The first-order valence-corrected chi connectivity index (χ1v) is 10.6. The molecule has 2 aromatic rings. The first-order chi connectivity index (χ1) is 14.7. The number of carbonyl (C=O) groups is 3. The molecule has 0 unspecified atom stereocenters. The van der Waals surface area contributed by atoms with Crippen LogP contribution in [-0.4, -0.2) is 31.1 Å². The highest BCUT2D eigenvalue weighted by atomic mass is 79.9. The number of amides is 4. The van der Waals surface area contributed by atoms with Crippen molar-refractivity contribution in [1.29, 1.82) is 0 Å². The van der Waals surface area contributed by atoms with Gasteiger partial charge in [0, 0.05) is 4.47 Å². The van der Waals surface area contributed by atoms with Crippen LogP contribution in [0.2, 0.25) is 5.02 Å². The summed E-state index contributed by atoms with van der Waals surface area (Å²) in [6.07, 6.45) is 2.06. The molecule has 0 radical (unpaired) electrons. The Balaban J connectivity index is 2.00. The van der Waals surface area contributed by atoms with E-state index in [9.17, 15) is 14.4 Å². The van der Waals surface area contributed by atoms with Gasteiger partial charge in [0.1, 0.15) is 5.57 Å². The normalized spacial score (nSPS) is 16.4. The van der Waals surface area contributed by atoms with Gasteiger partial charge in [-0.3, -0.25) is 14.9 Å². The van der Waals surface area contributed by atoms with Crippen molar-refractivity contribution in [2.24, 2.45) is 0 Å². The number of carbonyl (C=O) groups excluding carboxylic acids is 3. The minimum Gasteiger partial charge on any atom is -0.493 e. The molecule has 1 aliphatic heterocycles. The van der Waals surface area contributed by atoms with E-state index in [2.05, 4.69) is 21.2 Å². The molecule has 0 bridgehead atoms. The molecule has 1 saturated heterocycles. The summed E-state index contributed by atoms with van der Waals surface area (Å²) in [5.41, 5.74) is 0.565. The third kappa shape index (κ3) is 4.91. The van der Waals surface area contributed by atoms with Crippen LogP contribution >= 0.6 is 27.5 Å². The lowest BCUT2D eigenvalue weighted by Gasteiger charge is -2.26. The molecule has 2 aromatic carbocycles. The number of ether oxygens (including phenoxy) is 2. The van der Waals surface area contributed by atoms with Crippen LogP contribution in [0, 0.1) is 0 Å². The molecule has 1 heterocycles. The van der Waals surface area contributed by atoms with E-state index in [0.717, 1.165) is 15.8 Å². The van der Waals surface area contributed by atoms with Crippen LogP contribution in [0.5, 0.6) is 11.5 Å². The minimum absolute atomic E-state index is 0.0771. The predicted octanol–water partition coefficient (Wildman–Crippen LogP) is 4.95. The maximum absolute atomic E-state index is 13.0. The Kier molecular flexibility index (Phi) is 7.02. The molecule has 9 heteroatoms. The van der Waals surface area contributed by atoms with Gasteiger partial charge >= 0.3 is 6.03 Å². The largest absolute Gasteiger partial charge is 0.493 e. The fraction of sp³-hybridized carbons (Fsp3) is 0.227. The summed E-state index contributed by atoms with van der Waals surface area (Å²) >= 11 is 9.69. The third-order valence-corrected chi connectivity index (χ3v) is 5.45. The van der Waals surface area contributed by atoms with Crippen LogP contribution in [0.15, 0.2) is 46.4 Å². The number of urea groups is 1. The first-order valence-electron chi connectivity index (χ1n) is 9.46. The van der Waals surface area contributed by atoms with E-state index in [4.69, 9.17) is 21.1 Å². The highest BCUT2D eigenvalue weighted by molar-refractivity contribution is 9.10. The fourth-order valence-corrected chi connectivity index (χ4v) is 3.40. The van der Waals surface area contributed by atoms with E-state index in [1.54, 1.807) is 36.4 Å². The van der Waals surface area contributed by atoms with Gasteiger partial charge in [-0.25, -0.2) is 9.69 Å². The van der Waals surface area contributed by atoms with Gasteiger partial charge in [-0.15, -0.1) is 0 Å². The van der Waals surface area contributed by atoms with Crippen molar-refractivity contribution in [3.05, 3.63) is 57.0 Å². The number of hydrogen-bond acceptors (Lipinski definition) is 5. The van der Waals surface area contributed by atoms with E-state index < -0.39 is 17.8 Å². The molecule has 31 heavy (non-hydrogen) atoms. The summed E-state index contributed by atoms with van der Waals surface area (Å²) in [6, 6.07) is 8.92. The topological polar surface area (TPSA) is 84.9 Å². The Hall–Kier alpha value is -2.84. The fourth-order valence-electron chi connectivity index (χ4n) is 2.87. The number of nitrogens with zero attached hydrogens (tertiary/aromatic N) is 1. The Morgan fingerprint density at radius 3 is 2.48 bits per heavy atom. The highest BCUT2D eigenvalue weighted by Crippen LogP contribution is 2.38. The maximum atomic E-state index is 13.0. The van der Waals surface area contributed by atoms with Gasteiger partial charge in [0.05, 0.1) is 23.9 Å². The minimum atomic E-state index is -0.817. The van der Waals surface area contributed by atoms with E-state index in [-0.39, 0.29) is 16.7 Å². The summed E-state index contributed by atoms with van der Waals surface area (Å²) in [5.74, 6) is -0.791. The molecule has 0 spiro atoms. The number of nitrogens with one attached hydrogen (secondary N) is 1. The van der Waals surface area contributed by atoms with E-state index in [1.165, 1.54) is 13.2 Å². The lowest BCUT2D eigenvalue weighted by atomic mass is 10.1. The number of halogens is 2. The number of anilines is 1. The number of imide groups is 2. The van der Waals surface area contributed by atoms with Gasteiger partial charge in [0.2, 0.25) is 0 Å². The molecule has 1 fully saturated rings. The molecule has 0 aromatic heterocycles. The molecule has 3 rings (SSSR count). The average molecular weight is 508 g/mol. The lowest BCUT2D eigenvalue weighted by molar-refractivity contribution is -0.122. The Bertz CT molecular complexity index is 1070. The molecule has 1 N–H and O–H groups in total. The number of rotatable bonds is 6. The Labute approximate surface area is 193 Å². The number of benzene rings is 2. The van der Waals surface area contributed by atoms with E-state index in [1.807, 2.05) is 13.8 Å². The second kappa shape index (κ2) is 9.53. The molecule has 4 amide bonds. The quantitative estimate of drug-likeness (QED) is 0.441. The van der Waals surface area contributed by atoms with Gasteiger partial charge in [-0.05, 0) is 61.4 Å². The number of barbiturate groups is 1. The van der Waals surface area contributed by atoms with Crippen molar-refractivity contribution >= 4 is 57.1 Å². The first kappa shape index (κ1) is 22.8. The Morgan fingerprint density at radius 2 is 1.87 bits per heavy atom. The van der Waals surface area contributed by atoms with Crippen molar-refractivity contribution in [1.82, 2.24) is 5.32 Å². The van der Waals surface area contributed by atoms with Gasteiger partial charge in [-0.2, -0.15) is 0 Å². The molecule has 0 aliphatic carbocycles. The highest BCUT2D eigenvalue weighted by Gasteiger charge is 2.36. The molecule has 7 nitrogen and oxygen atoms in total. The van der Waals surface area contributed by atoms with Crippen LogP contribution in [-0.2, 0) is 9.59 Å². The van der Waals surface area contributed by atoms with Crippen molar-refractivity contribution in [2.45, 2.75) is 26.4 Å². The van der Waals surface area contributed by atoms with Gasteiger partial charge in [-0.1, -0.05) is 34.5 Å². The molecule has 1 aliphatic rings. The molecule has 162 valence electrons. The van der Waals surface area contributed by atoms with Gasteiger partial charge < -0.3 is 9.47 Å². The smallest absolute Gasteiger partial charge is 0.335 e. The zero-order chi connectivity index (χ0) is 22.7. The standard InChI is InChI=1S/C22H20BrClN2O5/c1-4-12(2)31-19-17(24)10-13(11-18(19)30-3)9-16-20(27)25-22(29)26(21(16)28)15-7-5-14(23)6-8-15/h5-12H,4H2,1-3H3,(H,25,27,29)/b16-9+/t12-/m1/s1. The van der Waals surface area contributed by atoms with Crippen LogP contribution in [0.4, 0.5) is 10.5 Å². The summed E-state index contributed by atoms with van der Waals surface area (Å²) in [5, 5.41) is 2.46. The van der Waals surface area contributed by atoms with Crippen molar-refractivity contribution in [3.63, 3.8) is 0 Å². The van der Waals surface area contributed by atoms with E-state index in [0.29, 0.717) is 22.7 Å². The number of hydrogen-bond donors (Lipinski definition) is 1. The summed E-state index contributed by atoms with van der Waals surface area (Å²) < 4.78 is 12.0. The van der Waals surface area contributed by atoms with Crippen LogP contribution in [0.1, 0.15) is 25.8 Å². The summed E-state index contributed by atoms with van der Waals surface area (Å²) in [6.45, 7) is 3.89. The third-order valence-electron chi connectivity index (χ3n) is 4.64. The second-order valence-corrected chi connectivity index (χ2v) is 8.13. The number of methoxy groups -OCH3 is 1. The maximum Gasteiger partial charge on any atom is 0.335 e.